The summed E-state index contributed by atoms with van der Waals surface area (Å²) in [6.07, 6.45) is 0. The Hall–Kier alpha value is -1.83. The smallest absolute Gasteiger partial charge is 0.323 e. The molecule has 92 valence electrons. The van der Waals surface area contributed by atoms with Gasteiger partial charge < -0.3 is 20.2 Å². The standard InChI is InChI=1S/C9H9BrN2O5/c10-6-2-1-5(17-6)9(16)12(3-7(11)13)4-8(14)15/h1-2H,3-4H2,(H2,11,13)(H,14,15). The second-order valence-corrected chi connectivity index (χ2v) is 3.91. The molecule has 1 heterocycles. The maximum absolute atomic E-state index is 11.8. The van der Waals surface area contributed by atoms with Gasteiger partial charge in [-0.25, -0.2) is 0 Å². The van der Waals surface area contributed by atoms with Crippen molar-refractivity contribution in [3.8, 4) is 0 Å². The number of rotatable bonds is 5. The summed E-state index contributed by atoms with van der Waals surface area (Å²) in [6, 6.07) is 2.85. The Morgan fingerprint density at radius 3 is 2.41 bits per heavy atom. The van der Waals surface area contributed by atoms with E-state index in [1.54, 1.807) is 0 Å². The van der Waals surface area contributed by atoms with Crippen molar-refractivity contribution in [3.05, 3.63) is 22.6 Å². The van der Waals surface area contributed by atoms with E-state index in [-0.39, 0.29) is 5.76 Å². The maximum Gasteiger partial charge on any atom is 0.323 e. The van der Waals surface area contributed by atoms with Gasteiger partial charge >= 0.3 is 5.97 Å². The molecule has 0 fully saturated rings. The highest BCUT2D eigenvalue weighted by Crippen LogP contribution is 2.15. The highest BCUT2D eigenvalue weighted by atomic mass is 79.9. The van der Waals surface area contributed by atoms with Crippen LogP contribution in [0, 0.1) is 0 Å². The van der Waals surface area contributed by atoms with Gasteiger partial charge in [0.05, 0.1) is 0 Å². The number of carbonyl (C=O) groups excluding carboxylic acids is 2. The molecule has 0 spiro atoms. The number of carbonyl (C=O) groups is 3. The zero-order valence-electron chi connectivity index (χ0n) is 8.55. The van der Waals surface area contributed by atoms with Crippen molar-refractivity contribution >= 4 is 33.7 Å². The molecule has 0 radical (unpaired) electrons. The van der Waals surface area contributed by atoms with Crippen molar-refractivity contribution < 1.29 is 23.9 Å². The van der Waals surface area contributed by atoms with Gasteiger partial charge in [-0.3, -0.25) is 14.4 Å². The predicted molar refractivity (Wildman–Crippen MR) is 59.1 cm³/mol. The van der Waals surface area contributed by atoms with E-state index in [1.165, 1.54) is 12.1 Å². The van der Waals surface area contributed by atoms with Gasteiger partial charge in [0.15, 0.2) is 10.4 Å². The van der Waals surface area contributed by atoms with Crippen molar-refractivity contribution in [1.29, 1.82) is 0 Å². The van der Waals surface area contributed by atoms with E-state index >= 15 is 0 Å². The Labute approximate surface area is 104 Å². The van der Waals surface area contributed by atoms with Crippen LogP contribution in [0.25, 0.3) is 0 Å². The summed E-state index contributed by atoms with van der Waals surface area (Å²) in [4.78, 5) is 33.8. The van der Waals surface area contributed by atoms with Gasteiger partial charge in [0.1, 0.15) is 13.1 Å². The number of halogens is 1. The summed E-state index contributed by atoms with van der Waals surface area (Å²) >= 11 is 3.01. The molecule has 1 aromatic rings. The van der Waals surface area contributed by atoms with Crippen LogP contribution in [0.5, 0.6) is 0 Å². The van der Waals surface area contributed by atoms with E-state index in [9.17, 15) is 14.4 Å². The van der Waals surface area contributed by atoms with E-state index in [4.69, 9.17) is 15.3 Å². The van der Waals surface area contributed by atoms with Gasteiger partial charge in [0.25, 0.3) is 5.91 Å². The van der Waals surface area contributed by atoms with Crippen LogP contribution in [0.15, 0.2) is 21.2 Å². The Kier molecular flexibility index (Phi) is 4.27. The number of amides is 2. The van der Waals surface area contributed by atoms with E-state index < -0.39 is 30.9 Å². The lowest BCUT2D eigenvalue weighted by molar-refractivity contribution is -0.138. The predicted octanol–water partition coefficient (Wildman–Crippen LogP) is 0.0542. The Morgan fingerprint density at radius 2 is 2.00 bits per heavy atom. The monoisotopic (exact) mass is 304 g/mol. The first kappa shape index (κ1) is 13.2. The minimum absolute atomic E-state index is 0.0700. The van der Waals surface area contributed by atoms with E-state index in [2.05, 4.69) is 15.9 Å². The first-order valence-corrected chi connectivity index (χ1v) is 5.24. The van der Waals surface area contributed by atoms with Crippen molar-refractivity contribution in [3.63, 3.8) is 0 Å². The molecule has 0 aliphatic heterocycles. The molecule has 8 heteroatoms. The van der Waals surface area contributed by atoms with Crippen molar-refractivity contribution in [2.45, 2.75) is 0 Å². The summed E-state index contributed by atoms with van der Waals surface area (Å²) < 4.78 is 5.30. The molecule has 1 aromatic heterocycles. The molecule has 0 aromatic carbocycles. The number of nitrogens with zero attached hydrogens (tertiary/aromatic N) is 1. The van der Waals surface area contributed by atoms with Crippen LogP contribution in [-0.4, -0.2) is 40.9 Å². The summed E-state index contributed by atoms with van der Waals surface area (Å²) in [6.45, 7) is -1.11. The van der Waals surface area contributed by atoms with Crippen molar-refractivity contribution in [1.82, 2.24) is 4.90 Å². The molecule has 17 heavy (non-hydrogen) atoms. The number of aliphatic carboxylic acids is 1. The average molecular weight is 305 g/mol. The van der Waals surface area contributed by atoms with Crippen molar-refractivity contribution in [2.75, 3.05) is 13.1 Å². The first-order valence-electron chi connectivity index (χ1n) is 4.45. The molecule has 2 amide bonds. The van der Waals surface area contributed by atoms with E-state index in [0.29, 0.717) is 4.67 Å². The van der Waals surface area contributed by atoms with Gasteiger partial charge in [0, 0.05) is 0 Å². The lowest BCUT2D eigenvalue weighted by atomic mass is 10.3. The normalized spacial score (nSPS) is 9.94. The molecule has 0 aliphatic carbocycles. The molecule has 0 saturated heterocycles. The van der Waals surface area contributed by atoms with Crippen LogP contribution in [0.1, 0.15) is 10.6 Å². The van der Waals surface area contributed by atoms with Crippen molar-refractivity contribution in [2.24, 2.45) is 5.73 Å². The minimum Gasteiger partial charge on any atom is -0.480 e. The lowest BCUT2D eigenvalue weighted by Crippen LogP contribution is -2.41. The highest BCUT2D eigenvalue weighted by molar-refractivity contribution is 9.10. The summed E-state index contributed by atoms with van der Waals surface area (Å²) in [7, 11) is 0. The molecule has 1 rings (SSSR count). The minimum atomic E-state index is -1.25. The third-order valence-corrected chi connectivity index (χ3v) is 2.17. The molecule has 7 nitrogen and oxygen atoms in total. The summed E-state index contributed by atoms with van der Waals surface area (Å²) in [5.41, 5.74) is 4.92. The largest absolute Gasteiger partial charge is 0.480 e. The number of hydrogen-bond acceptors (Lipinski definition) is 4. The molecule has 3 N–H and O–H groups in total. The number of carboxylic acid groups (broad SMARTS) is 1. The van der Waals surface area contributed by atoms with Gasteiger partial charge in [-0.2, -0.15) is 0 Å². The molecular weight excluding hydrogens is 296 g/mol. The number of hydrogen-bond donors (Lipinski definition) is 2. The van der Waals surface area contributed by atoms with E-state index in [1.807, 2.05) is 0 Å². The van der Waals surface area contributed by atoms with Gasteiger partial charge in [0.2, 0.25) is 5.91 Å². The average Bonchev–Trinajstić information content (AvgIpc) is 2.61. The maximum atomic E-state index is 11.8. The second kappa shape index (κ2) is 5.48. The number of primary amides is 1. The third-order valence-electron chi connectivity index (χ3n) is 1.74. The summed E-state index contributed by atoms with van der Waals surface area (Å²) in [5, 5.41) is 8.61. The fraction of sp³-hybridized carbons (Fsp3) is 0.222. The van der Waals surface area contributed by atoms with Gasteiger partial charge in [-0.1, -0.05) is 0 Å². The SMILES string of the molecule is NC(=O)CN(CC(=O)O)C(=O)c1ccc(Br)o1. The van der Waals surface area contributed by atoms with Gasteiger partial charge in [-0.15, -0.1) is 0 Å². The quantitative estimate of drug-likeness (QED) is 0.798. The molecule has 0 atom stereocenters. The first-order chi connectivity index (χ1) is 7.90. The van der Waals surface area contributed by atoms with Crippen LogP contribution in [0.2, 0.25) is 0 Å². The molecule has 0 bridgehead atoms. The van der Waals surface area contributed by atoms with Gasteiger partial charge in [-0.05, 0) is 28.1 Å². The number of furan rings is 1. The number of nitrogens with two attached hydrogens (primary N) is 1. The Bertz CT molecular complexity index is 440. The zero-order chi connectivity index (χ0) is 13.0. The lowest BCUT2D eigenvalue weighted by Gasteiger charge is -2.17. The molecule has 0 saturated carbocycles. The van der Waals surface area contributed by atoms with Crippen LogP contribution in [-0.2, 0) is 9.59 Å². The van der Waals surface area contributed by atoms with E-state index in [0.717, 1.165) is 4.90 Å². The highest BCUT2D eigenvalue weighted by Gasteiger charge is 2.22. The van der Waals surface area contributed by atoms with Crippen LogP contribution in [0.3, 0.4) is 0 Å². The fourth-order valence-electron chi connectivity index (χ4n) is 1.14. The Balaban J connectivity index is 2.85. The van der Waals surface area contributed by atoms with Crippen LogP contribution < -0.4 is 5.73 Å². The fourth-order valence-corrected chi connectivity index (χ4v) is 1.44. The molecule has 0 unspecified atom stereocenters. The topological polar surface area (TPSA) is 114 Å². The number of carboxylic acids is 1. The third kappa shape index (κ3) is 3.91. The zero-order valence-corrected chi connectivity index (χ0v) is 10.1. The van der Waals surface area contributed by atoms with Crippen LogP contribution >= 0.6 is 15.9 Å². The molecular formula is C9H9BrN2O5. The Morgan fingerprint density at radius 1 is 1.35 bits per heavy atom. The second-order valence-electron chi connectivity index (χ2n) is 3.13. The van der Waals surface area contributed by atoms with Crippen LogP contribution in [0.4, 0.5) is 0 Å². The summed E-state index contributed by atoms with van der Waals surface area (Å²) in [5.74, 6) is -2.83. The molecule has 0 aliphatic rings.